The van der Waals surface area contributed by atoms with Crippen molar-refractivity contribution in [2.45, 2.75) is 67.7 Å². The van der Waals surface area contributed by atoms with Crippen molar-refractivity contribution in [3.8, 4) is 0 Å². The largest absolute Gasteiger partial charge is 0.393 e. The lowest BCUT2D eigenvalue weighted by Gasteiger charge is -2.32. The quantitative estimate of drug-likeness (QED) is 0.422. The molecule has 128 valence electrons. The molecular weight excluding hydrogens is 292 g/mol. The average Bonchev–Trinajstić information content (AvgIpc) is 3.28. The molecule has 3 rings (SSSR count). The minimum atomic E-state index is -0.948. The SMILES string of the molecule is C[C@H]1O[C@]1(CO)C[C@@H]1O[C@@]1(CO)C[C@@H](O)[C@]1(CO)CCCO1. The molecule has 6 atom stereocenters. The number of epoxide rings is 2. The van der Waals surface area contributed by atoms with Gasteiger partial charge in [-0.15, -0.1) is 0 Å². The Labute approximate surface area is 129 Å². The summed E-state index contributed by atoms with van der Waals surface area (Å²) in [6, 6.07) is 0. The van der Waals surface area contributed by atoms with Crippen LogP contribution in [0.5, 0.6) is 0 Å². The van der Waals surface area contributed by atoms with Crippen molar-refractivity contribution in [3.63, 3.8) is 0 Å². The van der Waals surface area contributed by atoms with Gasteiger partial charge in [0.05, 0.1) is 38.1 Å². The number of hydrogen-bond donors (Lipinski definition) is 4. The molecule has 0 unspecified atom stereocenters. The summed E-state index contributed by atoms with van der Waals surface area (Å²) in [4.78, 5) is 0. The number of aliphatic hydroxyl groups is 4. The van der Waals surface area contributed by atoms with Gasteiger partial charge in [0.15, 0.2) is 0 Å². The van der Waals surface area contributed by atoms with Crippen molar-refractivity contribution >= 4 is 0 Å². The summed E-state index contributed by atoms with van der Waals surface area (Å²) in [5.74, 6) is 0. The van der Waals surface area contributed by atoms with E-state index in [0.29, 0.717) is 19.4 Å². The minimum absolute atomic E-state index is 0.0232. The fourth-order valence-corrected chi connectivity index (χ4v) is 3.66. The second kappa shape index (κ2) is 5.66. The topological polar surface area (TPSA) is 115 Å². The highest BCUT2D eigenvalue weighted by Crippen LogP contribution is 2.51. The molecule has 3 fully saturated rings. The lowest BCUT2D eigenvalue weighted by Crippen LogP contribution is -2.48. The molecule has 0 saturated carbocycles. The van der Waals surface area contributed by atoms with Crippen LogP contribution in [0.25, 0.3) is 0 Å². The van der Waals surface area contributed by atoms with Crippen LogP contribution in [0.15, 0.2) is 0 Å². The van der Waals surface area contributed by atoms with E-state index in [1.807, 2.05) is 6.92 Å². The Morgan fingerprint density at radius 3 is 2.23 bits per heavy atom. The van der Waals surface area contributed by atoms with Gasteiger partial charge in [0.25, 0.3) is 0 Å². The van der Waals surface area contributed by atoms with Crippen molar-refractivity contribution in [1.29, 1.82) is 0 Å². The Morgan fingerprint density at radius 2 is 1.77 bits per heavy atom. The molecule has 4 N–H and O–H groups in total. The molecular formula is C15H26O7. The zero-order chi connectivity index (χ0) is 16.0. The van der Waals surface area contributed by atoms with E-state index in [9.17, 15) is 20.4 Å². The van der Waals surface area contributed by atoms with Gasteiger partial charge in [-0.2, -0.15) is 0 Å². The standard InChI is InChI=1S/C15H26O7/c1-10-14(8-17,21-10)6-12-15(9-18,22-12)5-11(19)13(7-16)3-2-4-20-13/h10-12,16-19H,2-9H2,1H3/t10-,11-,12+,13-,14+,15-/m1/s1. The maximum absolute atomic E-state index is 10.5. The van der Waals surface area contributed by atoms with Gasteiger partial charge in [0.1, 0.15) is 16.8 Å². The van der Waals surface area contributed by atoms with Crippen molar-refractivity contribution in [2.24, 2.45) is 0 Å². The van der Waals surface area contributed by atoms with Crippen molar-refractivity contribution < 1.29 is 34.6 Å². The summed E-state index contributed by atoms with van der Waals surface area (Å²) < 4.78 is 16.7. The lowest BCUT2D eigenvalue weighted by molar-refractivity contribution is -0.126. The summed E-state index contributed by atoms with van der Waals surface area (Å²) in [5.41, 5.74) is -2.36. The first kappa shape index (κ1) is 16.6. The highest BCUT2D eigenvalue weighted by Gasteiger charge is 2.65. The van der Waals surface area contributed by atoms with Crippen molar-refractivity contribution in [3.05, 3.63) is 0 Å². The summed E-state index contributed by atoms with van der Waals surface area (Å²) in [7, 11) is 0. The predicted octanol–water partition coefficient (Wildman–Crippen LogP) is -1.05. The average molecular weight is 318 g/mol. The summed E-state index contributed by atoms with van der Waals surface area (Å²) in [6.07, 6.45) is 0.895. The summed E-state index contributed by atoms with van der Waals surface area (Å²) in [5, 5.41) is 39.2. The zero-order valence-electron chi connectivity index (χ0n) is 12.9. The van der Waals surface area contributed by atoms with Crippen LogP contribution in [-0.2, 0) is 14.2 Å². The molecule has 7 nitrogen and oxygen atoms in total. The Bertz CT molecular complexity index is 407. The van der Waals surface area contributed by atoms with Crippen LogP contribution >= 0.6 is 0 Å². The smallest absolute Gasteiger partial charge is 0.120 e. The lowest BCUT2D eigenvalue weighted by atomic mass is 9.84. The Hall–Kier alpha value is -0.280. The fourth-order valence-electron chi connectivity index (χ4n) is 3.66. The Kier molecular flexibility index (Phi) is 4.27. The molecule has 0 spiro atoms. The molecule has 0 amide bonds. The van der Waals surface area contributed by atoms with Crippen LogP contribution < -0.4 is 0 Å². The summed E-state index contributed by atoms with van der Waals surface area (Å²) >= 11 is 0. The van der Waals surface area contributed by atoms with E-state index < -0.39 is 22.9 Å². The molecule has 3 aliphatic rings. The van der Waals surface area contributed by atoms with E-state index in [1.165, 1.54) is 0 Å². The van der Waals surface area contributed by atoms with Gasteiger partial charge in [-0.3, -0.25) is 0 Å². The molecule has 0 aliphatic carbocycles. The number of rotatable bonds is 8. The van der Waals surface area contributed by atoms with E-state index in [-0.39, 0.29) is 38.4 Å². The third kappa shape index (κ3) is 2.58. The summed E-state index contributed by atoms with van der Waals surface area (Å²) in [6.45, 7) is 1.86. The molecule has 0 aromatic carbocycles. The van der Waals surface area contributed by atoms with E-state index in [0.717, 1.165) is 6.42 Å². The second-order valence-electron chi connectivity index (χ2n) is 6.91. The number of ether oxygens (including phenoxy) is 3. The zero-order valence-corrected chi connectivity index (χ0v) is 12.9. The Morgan fingerprint density at radius 1 is 1.09 bits per heavy atom. The van der Waals surface area contributed by atoms with Gasteiger partial charge in [0, 0.05) is 19.4 Å². The number of aliphatic hydroxyl groups excluding tert-OH is 4. The van der Waals surface area contributed by atoms with E-state index >= 15 is 0 Å². The van der Waals surface area contributed by atoms with Crippen LogP contribution in [-0.4, -0.2) is 82.0 Å². The van der Waals surface area contributed by atoms with Crippen LogP contribution in [0.3, 0.4) is 0 Å². The van der Waals surface area contributed by atoms with Crippen molar-refractivity contribution in [2.75, 3.05) is 26.4 Å². The number of hydrogen-bond acceptors (Lipinski definition) is 7. The first-order valence-corrected chi connectivity index (χ1v) is 7.96. The second-order valence-corrected chi connectivity index (χ2v) is 6.91. The van der Waals surface area contributed by atoms with Gasteiger partial charge in [0.2, 0.25) is 0 Å². The molecule has 0 radical (unpaired) electrons. The molecule has 3 aliphatic heterocycles. The molecule has 0 aromatic heterocycles. The Balaban J connectivity index is 1.61. The monoisotopic (exact) mass is 318 g/mol. The predicted molar refractivity (Wildman–Crippen MR) is 75.3 cm³/mol. The molecule has 22 heavy (non-hydrogen) atoms. The molecule has 3 heterocycles. The van der Waals surface area contributed by atoms with Crippen LogP contribution in [0.2, 0.25) is 0 Å². The maximum Gasteiger partial charge on any atom is 0.120 e. The van der Waals surface area contributed by atoms with Gasteiger partial charge in [-0.05, 0) is 19.8 Å². The van der Waals surface area contributed by atoms with Gasteiger partial charge in [-0.1, -0.05) is 0 Å². The van der Waals surface area contributed by atoms with Crippen LogP contribution in [0, 0.1) is 0 Å². The molecule has 0 aromatic rings. The molecule has 3 saturated heterocycles. The molecule has 0 bridgehead atoms. The third-order valence-corrected chi connectivity index (χ3v) is 5.62. The van der Waals surface area contributed by atoms with E-state index in [2.05, 4.69) is 0 Å². The minimum Gasteiger partial charge on any atom is -0.393 e. The maximum atomic E-state index is 10.5. The fraction of sp³-hybridized carbons (Fsp3) is 1.00. The highest BCUT2D eigenvalue weighted by atomic mass is 16.6. The van der Waals surface area contributed by atoms with Gasteiger partial charge in [-0.25, -0.2) is 0 Å². The normalized spacial score (nSPS) is 48.4. The third-order valence-electron chi connectivity index (χ3n) is 5.62. The van der Waals surface area contributed by atoms with Crippen molar-refractivity contribution in [1.82, 2.24) is 0 Å². The van der Waals surface area contributed by atoms with E-state index in [4.69, 9.17) is 14.2 Å². The first-order valence-electron chi connectivity index (χ1n) is 7.96. The first-order chi connectivity index (χ1) is 10.5. The van der Waals surface area contributed by atoms with Gasteiger partial charge >= 0.3 is 0 Å². The molecule has 7 heteroatoms. The van der Waals surface area contributed by atoms with E-state index in [1.54, 1.807) is 0 Å². The highest BCUT2D eigenvalue weighted by molar-refractivity contribution is 5.13. The van der Waals surface area contributed by atoms with Crippen LogP contribution in [0.1, 0.15) is 32.6 Å². The van der Waals surface area contributed by atoms with Crippen LogP contribution in [0.4, 0.5) is 0 Å². The van der Waals surface area contributed by atoms with Gasteiger partial charge < -0.3 is 34.6 Å².